The van der Waals surface area contributed by atoms with Crippen LogP contribution in [0, 0.1) is 11.3 Å². The molecule has 0 heterocycles. The number of esters is 6. The van der Waals surface area contributed by atoms with Gasteiger partial charge in [-0.3, -0.25) is 28.8 Å². The minimum absolute atomic E-state index is 0.0508. The van der Waals surface area contributed by atoms with E-state index in [1.807, 2.05) is 19.0 Å². The molecule has 0 saturated carbocycles. The van der Waals surface area contributed by atoms with Crippen LogP contribution in [0.4, 0.5) is 0 Å². The van der Waals surface area contributed by atoms with E-state index in [0.717, 1.165) is 116 Å². The summed E-state index contributed by atoms with van der Waals surface area (Å²) in [6.45, 7) is 8.44. The van der Waals surface area contributed by atoms with E-state index in [4.69, 9.17) is 28.4 Å². The lowest BCUT2D eigenvalue weighted by Gasteiger charge is -2.32. The summed E-state index contributed by atoms with van der Waals surface area (Å²) in [6, 6.07) is 0. The largest absolute Gasteiger partial charge is 0.466 e. The molecule has 0 aliphatic heterocycles. The van der Waals surface area contributed by atoms with Gasteiger partial charge < -0.3 is 33.3 Å². The number of rotatable bonds is 44. The molecule has 0 aromatic heterocycles. The normalized spacial score (nSPS) is 11.4. The first kappa shape index (κ1) is 59.8. The van der Waals surface area contributed by atoms with Gasteiger partial charge in [0.05, 0.1) is 13.2 Å². The van der Waals surface area contributed by atoms with E-state index in [1.54, 1.807) is 0 Å². The van der Waals surface area contributed by atoms with Crippen molar-refractivity contribution in [3.8, 4) is 0 Å². The van der Waals surface area contributed by atoms with Gasteiger partial charge in [-0.25, -0.2) is 0 Å². The molecule has 0 aliphatic carbocycles. The van der Waals surface area contributed by atoms with Crippen molar-refractivity contribution in [2.75, 3.05) is 60.3 Å². The average molecular weight is 898 g/mol. The second kappa shape index (κ2) is 41.5. The van der Waals surface area contributed by atoms with Crippen LogP contribution in [-0.2, 0) is 57.2 Å². The van der Waals surface area contributed by atoms with Gasteiger partial charge in [0, 0.05) is 38.5 Å². The molecule has 13 heteroatoms. The van der Waals surface area contributed by atoms with Gasteiger partial charge in [0.15, 0.2) is 0 Å². The van der Waals surface area contributed by atoms with Crippen molar-refractivity contribution < 1.29 is 57.2 Å². The Morgan fingerprint density at radius 1 is 0.381 bits per heavy atom. The molecule has 13 nitrogen and oxygen atoms in total. The average Bonchev–Trinajstić information content (AvgIpc) is 3.25. The Morgan fingerprint density at radius 3 is 1.08 bits per heavy atom. The topological polar surface area (TPSA) is 161 Å². The van der Waals surface area contributed by atoms with Crippen LogP contribution in [0.25, 0.3) is 0 Å². The molecule has 0 rings (SSSR count). The van der Waals surface area contributed by atoms with E-state index in [0.29, 0.717) is 51.5 Å². The standard InChI is InChI=1S/C50H91NO12/c1-7-11-15-17-21-30-44(52)58-36-25-23-32-46(54)60-39-50(41-62-48(56)34-27-35-51(5)6,42-63-49(57)38-43(28-19-13-9-3)29-20-14-10-4)40-61-47(55)33-24-26-37-59-45(53)31-22-18-16-12-8-2/h43H,7-42H2,1-6H3. The fourth-order valence-electron chi connectivity index (χ4n) is 6.95. The second-order valence-electron chi connectivity index (χ2n) is 17.8. The molecular weight excluding hydrogens is 807 g/mol. The molecule has 0 bridgehead atoms. The Bertz CT molecular complexity index is 1130. The highest BCUT2D eigenvalue weighted by atomic mass is 16.6. The van der Waals surface area contributed by atoms with Crippen LogP contribution in [0.2, 0.25) is 0 Å². The van der Waals surface area contributed by atoms with Gasteiger partial charge in [0.1, 0.15) is 31.8 Å². The van der Waals surface area contributed by atoms with Crippen molar-refractivity contribution in [1.82, 2.24) is 4.90 Å². The fraction of sp³-hybridized carbons (Fsp3) is 0.880. The van der Waals surface area contributed by atoms with Crippen LogP contribution in [0.3, 0.4) is 0 Å². The zero-order valence-corrected chi connectivity index (χ0v) is 40.9. The molecule has 0 fully saturated rings. The van der Waals surface area contributed by atoms with E-state index in [9.17, 15) is 28.8 Å². The molecule has 0 aromatic rings. The summed E-state index contributed by atoms with van der Waals surface area (Å²) in [5, 5.41) is 0. The van der Waals surface area contributed by atoms with Crippen molar-refractivity contribution in [3.05, 3.63) is 0 Å². The quantitative estimate of drug-likeness (QED) is 0.0323. The molecule has 0 saturated heterocycles. The molecule has 0 amide bonds. The third kappa shape index (κ3) is 37.8. The molecule has 0 radical (unpaired) electrons. The fourth-order valence-corrected chi connectivity index (χ4v) is 6.95. The number of carbonyl (C=O) groups is 6. The Labute approximate surface area is 382 Å². The van der Waals surface area contributed by atoms with E-state index >= 15 is 0 Å². The number of nitrogens with zero attached hydrogens (tertiary/aromatic N) is 1. The van der Waals surface area contributed by atoms with Gasteiger partial charge >= 0.3 is 35.8 Å². The molecule has 0 atom stereocenters. The highest BCUT2D eigenvalue weighted by molar-refractivity contribution is 5.71. The summed E-state index contributed by atoms with van der Waals surface area (Å²) < 4.78 is 33.8. The van der Waals surface area contributed by atoms with E-state index < -0.39 is 29.3 Å². The van der Waals surface area contributed by atoms with E-state index in [1.165, 1.54) is 0 Å². The predicted molar refractivity (Wildman–Crippen MR) is 247 cm³/mol. The number of ether oxygens (including phenoxy) is 6. The Kier molecular flexibility index (Phi) is 39.4. The van der Waals surface area contributed by atoms with Gasteiger partial charge in [0.25, 0.3) is 0 Å². The highest BCUT2D eigenvalue weighted by Gasteiger charge is 2.38. The van der Waals surface area contributed by atoms with Crippen LogP contribution < -0.4 is 0 Å². The van der Waals surface area contributed by atoms with Crippen molar-refractivity contribution >= 4 is 35.8 Å². The number of unbranched alkanes of at least 4 members (excludes halogenated alkanes) is 14. The molecule has 0 aliphatic rings. The smallest absolute Gasteiger partial charge is 0.306 e. The Hall–Kier alpha value is -3.22. The first-order chi connectivity index (χ1) is 30.4. The van der Waals surface area contributed by atoms with Crippen LogP contribution in [-0.4, -0.2) is 101 Å². The molecule has 0 aromatic carbocycles. The minimum atomic E-state index is -1.36. The molecule has 0 N–H and O–H groups in total. The van der Waals surface area contributed by atoms with E-state index in [2.05, 4.69) is 27.7 Å². The first-order valence-corrected chi connectivity index (χ1v) is 25.0. The highest BCUT2D eigenvalue weighted by Crippen LogP contribution is 2.26. The van der Waals surface area contributed by atoms with Gasteiger partial charge in [-0.1, -0.05) is 118 Å². The summed E-state index contributed by atoms with van der Waals surface area (Å²) in [5.74, 6) is -2.23. The molecule has 0 spiro atoms. The maximum absolute atomic E-state index is 13.5. The number of hydrogen-bond donors (Lipinski definition) is 0. The predicted octanol–water partition coefficient (Wildman–Crippen LogP) is 10.8. The van der Waals surface area contributed by atoms with E-state index in [-0.39, 0.29) is 83.2 Å². The van der Waals surface area contributed by atoms with Crippen LogP contribution in [0.15, 0.2) is 0 Å². The van der Waals surface area contributed by atoms with Crippen molar-refractivity contribution in [1.29, 1.82) is 0 Å². The maximum atomic E-state index is 13.5. The number of carbonyl (C=O) groups excluding carboxylic acids is 6. The van der Waals surface area contributed by atoms with Gasteiger partial charge in [0.2, 0.25) is 0 Å². The zero-order chi connectivity index (χ0) is 46.8. The number of hydrogen-bond acceptors (Lipinski definition) is 13. The minimum Gasteiger partial charge on any atom is -0.466 e. The lowest BCUT2D eigenvalue weighted by atomic mass is 9.91. The summed E-state index contributed by atoms with van der Waals surface area (Å²) in [7, 11) is 3.83. The van der Waals surface area contributed by atoms with Crippen molar-refractivity contribution in [2.45, 2.75) is 214 Å². The Morgan fingerprint density at radius 2 is 0.698 bits per heavy atom. The summed E-state index contributed by atoms with van der Waals surface area (Å²) >= 11 is 0. The lowest BCUT2D eigenvalue weighted by molar-refractivity contribution is -0.171. The lowest BCUT2D eigenvalue weighted by Crippen LogP contribution is -2.44. The third-order valence-corrected chi connectivity index (χ3v) is 11.1. The molecular formula is C50H91NO12. The molecule has 0 unspecified atom stereocenters. The zero-order valence-electron chi connectivity index (χ0n) is 40.9. The van der Waals surface area contributed by atoms with Crippen LogP contribution >= 0.6 is 0 Å². The van der Waals surface area contributed by atoms with Crippen molar-refractivity contribution in [2.24, 2.45) is 11.3 Å². The van der Waals surface area contributed by atoms with Gasteiger partial charge in [-0.2, -0.15) is 0 Å². The molecule has 368 valence electrons. The monoisotopic (exact) mass is 898 g/mol. The summed E-state index contributed by atoms with van der Waals surface area (Å²) in [6.07, 6.45) is 22.3. The first-order valence-electron chi connectivity index (χ1n) is 25.0. The van der Waals surface area contributed by atoms with Crippen LogP contribution in [0.5, 0.6) is 0 Å². The van der Waals surface area contributed by atoms with Crippen LogP contribution in [0.1, 0.15) is 214 Å². The summed E-state index contributed by atoms with van der Waals surface area (Å²) in [4.78, 5) is 78.8. The van der Waals surface area contributed by atoms with Gasteiger partial charge in [-0.05, 0) is 84.3 Å². The second-order valence-corrected chi connectivity index (χ2v) is 17.8. The third-order valence-electron chi connectivity index (χ3n) is 11.1. The maximum Gasteiger partial charge on any atom is 0.306 e. The van der Waals surface area contributed by atoms with Gasteiger partial charge in [-0.15, -0.1) is 0 Å². The Balaban J connectivity index is 5.75. The SMILES string of the molecule is CCCCCCCC(=O)OCCCCC(=O)OCC(COC(=O)CCCCOC(=O)CCCCCCC)(COC(=O)CCCN(C)C)COC(=O)CC(CCCCC)CCCCC. The van der Waals surface area contributed by atoms with Crippen molar-refractivity contribution in [3.63, 3.8) is 0 Å². The summed E-state index contributed by atoms with van der Waals surface area (Å²) in [5.41, 5.74) is -1.36. The molecule has 63 heavy (non-hydrogen) atoms.